The van der Waals surface area contributed by atoms with E-state index in [2.05, 4.69) is 17.1 Å². The molecule has 0 bridgehead atoms. The summed E-state index contributed by atoms with van der Waals surface area (Å²) in [6.07, 6.45) is 0.656. The molecular weight excluding hydrogens is 183 g/mol. The minimum Gasteiger partial charge on any atom is -0.476 e. The van der Waals surface area contributed by atoms with Crippen LogP contribution in [0.1, 0.15) is 6.42 Å². The van der Waals surface area contributed by atoms with Crippen LogP contribution in [0.5, 0.6) is 5.88 Å². The zero-order valence-electron chi connectivity index (χ0n) is 7.59. The van der Waals surface area contributed by atoms with E-state index >= 15 is 0 Å². The normalized spacial score (nSPS) is 10.7. The third kappa shape index (κ3) is 1.55. The van der Waals surface area contributed by atoms with Crippen LogP contribution in [0.2, 0.25) is 0 Å². The van der Waals surface area contributed by atoms with Crippen LogP contribution in [-0.2, 0) is 0 Å². The predicted octanol–water partition coefficient (Wildman–Crippen LogP) is 2.30. The molecule has 1 N–H and O–H groups in total. The quantitative estimate of drug-likeness (QED) is 0.812. The third-order valence-electron chi connectivity index (χ3n) is 1.87. The molecule has 0 atom stereocenters. The summed E-state index contributed by atoms with van der Waals surface area (Å²) in [5.41, 5.74) is 0.769. The summed E-state index contributed by atoms with van der Waals surface area (Å²) >= 11 is 0. The van der Waals surface area contributed by atoms with Crippen LogP contribution in [0.15, 0.2) is 18.2 Å². The Morgan fingerprint density at radius 1 is 1.50 bits per heavy atom. The van der Waals surface area contributed by atoms with E-state index in [0.717, 1.165) is 5.52 Å². The number of hydrogen-bond acceptors (Lipinski definition) is 2. The van der Waals surface area contributed by atoms with Gasteiger partial charge in [-0.3, -0.25) is 5.10 Å². The lowest BCUT2D eigenvalue weighted by atomic mass is 10.2. The molecule has 2 rings (SSSR count). The fraction of sp³-hybridized carbons (Fsp3) is 0.200. The van der Waals surface area contributed by atoms with E-state index in [1.54, 1.807) is 6.07 Å². The smallest absolute Gasteiger partial charge is 0.240 e. The molecule has 73 valence electrons. The molecule has 0 aliphatic rings. The van der Waals surface area contributed by atoms with Crippen molar-refractivity contribution in [3.63, 3.8) is 0 Å². The van der Waals surface area contributed by atoms with Crippen LogP contribution in [0.4, 0.5) is 4.39 Å². The average Bonchev–Trinajstić information content (AvgIpc) is 2.57. The number of nitrogens with one attached hydrogen (secondary N) is 1. The Balaban J connectivity index is 2.40. The van der Waals surface area contributed by atoms with Gasteiger partial charge < -0.3 is 4.74 Å². The molecule has 14 heavy (non-hydrogen) atoms. The van der Waals surface area contributed by atoms with Gasteiger partial charge in [-0.1, -0.05) is 0 Å². The summed E-state index contributed by atoms with van der Waals surface area (Å²) in [7, 11) is 0. The monoisotopic (exact) mass is 193 g/mol. The first-order valence-corrected chi connectivity index (χ1v) is 4.37. The molecule has 0 aliphatic heterocycles. The topological polar surface area (TPSA) is 37.9 Å². The van der Waals surface area contributed by atoms with E-state index in [9.17, 15) is 4.39 Å². The molecule has 1 aromatic heterocycles. The molecule has 0 fully saturated rings. The number of halogens is 1. The lowest BCUT2D eigenvalue weighted by Gasteiger charge is -1.99. The number of rotatable bonds is 3. The number of benzene rings is 1. The van der Waals surface area contributed by atoms with E-state index in [0.29, 0.717) is 24.3 Å². The zero-order chi connectivity index (χ0) is 9.97. The molecule has 2 aromatic rings. The summed E-state index contributed by atoms with van der Waals surface area (Å²) in [5, 5.41) is 7.36. The van der Waals surface area contributed by atoms with E-state index in [-0.39, 0.29) is 5.82 Å². The summed E-state index contributed by atoms with van der Waals surface area (Å²) in [6, 6.07) is 4.41. The highest BCUT2D eigenvalue weighted by molar-refractivity contribution is 5.83. The Labute approximate surface area is 80.9 Å². The highest BCUT2D eigenvalue weighted by Crippen LogP contribution is 2.23. The first-order valence-electron chi connectivity index (χ1n) is 4.37. The van der Waals surface area contributed by atoms with Crippen molar-refractivity contribution in [1.29, 1.82) is 0 Å². The predicted molar refractivity (Wildman–Crippen MR) is 51.5 cm³/mol. The van der Waals surface area contributed by atoms with Crippen LogP contribution in [0.3, 0.4) is 0 Å². The minimum absolute atomic E-state index is 0.293. The van der Waals surface area contributed by atoms with E-state index < -0.39 is 0 Å². The Bertz CT molecular complexity index is 439. The number of H-pyrrole nitrogens is 1. The van der Waals surface area contributed by atoms with Crippen LogP contribution < -0.4 is 4.74 Å². The lowest BCUT2D eigenvalue weighted by Crippen LogP contribution is -1.95. The molecular formula is C10H10FN2O. The fourth-order valence-corrected chi connectivity index (χ4v) is 1.24. The third-order valence-corrected chi connectivity index (χ3v) is 1.87. The number of hydrogen-bond donors (Lipinski definition) is 1. The van der Waals surface area contributed by atoms with Gasteiger partial charge in [-0.25, -0.2) is 4.39 Å². The van der Waals surface area contributed by atoms with E-state index in [1.807, 2.05) is 0 Å². The van der Waals surface area contributed by atoms with Crippen molar-refractivity contribution in [2.24, 2.45) is 0 Å². The van der Waals surface area contributed by atoms with Crippen molar-refractivity contribution in [2.45, 2.75) is 6.42 Å². The summed E-state index contributed by atoms with van der Waals surface area (Å²) in [5.74, 6) is 0.140. The molecule has 1 radical (unpaired) electrons. The first-order chi connectivity index (χ1) is 6.81. The van der Waals surface area contributed by atoms with Crippen LogP contribution >= 0.6 is 0 Å². The van der Waals surface area contributed by atoms with Gasteiger partial charge in [0.2, 0.25) is 5.88 Å². The molecule has 0 spiro atoms. The number of fused-ring (bicyclic) bond motifs is 1. The largest absolute Gasteiger partial charge is 0.476 e. The second-order valence-corrected chi connectivity index (χ2v) is 2.92. The Morgan fingerprint density at radius 3 is 3.14 bits per heavy atom. The molecule has 1 heterocycles. The standard InChI is InChI=1S/C10H10FN2O/c1-2-5-14-10-8-6-7(11)3-4-9(8)12-13-10/h3-4,6H,1-2,5H2,(H,12,13). The number of aromatic nitrogens is 2. The first kappa shape index (κ1) is 8.99. The fourth-order valence-electron chi connectivity index (χ4n) is 1.24. The van der Waals surface area contributed by atoms with Crippen LogP contribution in [0.25, 0.3) is 10.9 Å². The molecule has 0 saturated heterocycles. The lowest BCUT2D eigenvalue weighted by molar-refractivity contribution is 0.314. The van der Waals surface area contributed by atoms with Gasteiger partial charge in [0, 0.05) is 0 Å². The molecule has 3 nitrogen and oxygen atoms in total. The van der Waals surface area contributed by atoms with Crippen molar-refractivity contribution in [1.82, 2.24) is 10.2 Å². The molecule has 0 unspecified atom stereocenters. The van der Waals surface area contributed by atoms with E-state index in [1.165, 1.54) is 12.1 Å². The zero-order valence-corrected chi connectivity index (χ0v) is 7.59. The number of ether oxygens (including phenoxy) is 1. The van der Waals surface area contributed by atoms with Gasteiger partial charge in [-0.05, 0) is 31.5 Å². The number of aromatic amines is 1. The highest BCUT2D eigenvalue weighted by Gasteiger charge is 2.06. The van der Waals surface area contributed by atoms with Gasteiger partial charge in [-0.15, -0.1) is 5.10 Å². The van der Waals surface area contributed by atoms with E-state index in [4.69, 9.17) is 4.74 Å². The Hall–Kier alpha value is -1.58. The maximum Gasteiger partial charge on any atom is 0.240 e. The van der Waals surface area contributed by atoms with Gasteiger partial charge in [-0.2, -0.15) is 0 Å². The molecule has 0 saturated carbocycles. The second-order valence-electron chi connectivity index (χ2n) is 2.92. The van der Waals surface area contributed by atoms with Crippen molar-refractivity contribution < 1.29 is 9.13 Å². The van der Waals surface area contributed by atoms with Gasteiger partial charge in [0.25, 0.3) is 0 Å². The van der Waals surface area contributed by atoms with Crippen molar-refractivity contribution in [3.8, 4) is 5.88 Å². The van der Waals surface area contributed by atoms with Gasteiger partial charge in [0.1, 0.15) is 5.82 Å². The summed E-state index contributed by atoms with van der Waals surface area (Å²) in [6.45, 7) is 4.13. The number of nitrogens with zero attached hydrogens (tertiary/aromatic N) is 1. The van der Waals surface area contributed by atoms with Crippen LogP contribution in [-0.4, -0.2) is 16.8 Å². The van der Waals surface area contributed by atoms with Crippen molar-refractivity contribution in [2.75, 3.05) is 6.61 Å². The molecule has 4 heteroatoms. The minimum atomic E-state index is -0.293. The molecule has 0 aliphatic carbocycles. The summed E-state index contributed by atoms with van der Waals surface area (Å²) in [4.78, 5) is 0. The maximum atomic E-state index is 12.9. The maximum absolute atomic E-state index is 12.9. The molecule has 1 aromatic carbocycles. The Kier molecular flexibility index (Phi) is 2.35. The summed E-state index contributed by atoms with van der Waals surface area (Å²) < 4.78 is 18.2. The van der Waals surface area contributed by atoms with Gasteiger partial charge >= 0.3 is 0 Å². The van der Waals surface area contributed by atoms with Gasteiger partial charge in [0.05, 0.1) is 17.5 Å². The average molecular weight is 193 g/mol. The molecule has 0 amide bonds. The SMILES string of the molecule is [CH2]CCOc1n[nH]c2ccc(F)cc12. The van der Waals surface area contributed by atoms with Crippen molar-refractivity contribution >= 4 is 10.9 Å². The highest BCUT2D eigenvalue weighted by atomic mass is 19.1. The van der Waals surface area contributed by atoms with Crippen molar-refractivity contribution in [3.05, 3.63) is 30.9 Å². The van der Waals surface area contributed by atoms with Gasteiger partial charge in [0.15, 0.2) is 0 Å². The Morgan fingerprint density at radius 2 is 2.36 bits per heavy atom. The second kappa shape index (κ2) is 3.65. The van der Waals surface area contributed by atoms with Crippen LogP contribution in [0, 0.1) is 12.7 Å².